The molecule has 0 spiro atoms. The number of H-pyrrole nitrogens is 1. The molecule has 0 amide bonds. The molecule has 0 radical (unpaired) electrons. The summed E-state index contributed by atoms with van der Waals surface area (Å²) in [5.41, 5.74) is 1.33. The van der Waals surface area contributed by atoms with Crippen molar-refractivity contribution < 1.29 is 4.39 Å². The predicted molar refractivity (Wildman–Crippen MR) is 48.5 cm³/mol. The highest BCUT2D eigenvalue weighted by molar-refractivity contribution is 9.10. The molecule has 0 saturated carbocycles. The summed E-state index contributed by atoms with van der Waals surface area (Å²) in [5, 5.41) is 7.15. The second kappa shape index (κ2) is 2.55. The minimum atomic E-state index is -0.261. The van der Waals surface area contributed by atoms with Gasteiger partial charge in [-0.15, -0.1) is 0 Å². The number of hydrogen-bond acceptors (Lipinski definition) is 1. The predicted octanol–water partition coefficient (Wildman–Crippen LogP) is 2.77. The zero-order valence-corrected chi connectivity index (χ0v) is 7.94. The quantitative estimate of drug-likeness (QED) is 0.739. The molecule has 62 valence electrons. The Labute approximate surface area is 76.9 Å². The lowest BCUT2D eigenvalue weighted by molar-refractivity contribution is 0.635. The van der Waals surface area contributed by atoms with Gasteiger partial charge in [-0.1, -0.05) is 0 Å². The van der Waals surface area contributed by atoms with Crippen LogP contribution in [-0.2, 0) is 0 Å². The van der Waals surface area contributed by atoms with E-state index in [1.54, 1.807) is 6.20 Å². The van der Waals surface area contributed by atoms with Gasteiger partial charge >= 0.3 is 0 Å². The van der Waals surface area contributed by atoms with Gasteiger partial charge in [0.05, 0.1) is 6.20 Å². The maximum Gasteiger partial charge on any atom is 0.149 e. The fourth-order valence-corrected chi connectivity index (χ4v) is 1.59. The van der Waals surface area contributed by atoms with Gasteiger partial charge in [0.25, 0.3) is 0 Å². The molecule has 2 rings (SSSR count). The van der Waals surface area contributed by atoms with E-state index in [2.05, 4.69) is 26.1 Å². The Balaban J connectivity index is 2.97. The van der Waals surface area contributed by atoms with Crippen molar-refractivity contribution in [2.24, 2.45) is 0 Å². The van der Waals surface area contributed by atoms with Gasteiger partial charge in [-0.3, -0.25) is 5.10 Å². The van der Waals surface area contributed by atoms with Crippen LogP contribution in [0, 0.1) is 12.7 Å². The Kier molecular flexibility index (Phi) is 1.65. The topological polar surface area (TPSA) is 28.7 Å². The van der Waals surface area contributed by atoms with E-state index < -0.39 is 0 Å². The highest BCUT2D eigenvalue weighted by Crippen LogP contribution is 2.27. The first-order valence-corrected chi connectivity index (χ1v) is 4.27. The van der Waals surface area contributed by atoms with Crippen LogP contribution in [0.2, 0.25) is 0 Å². The third kappa shape index (κ3) is 0.948. The number of rotatable bonds is 0. The lowest BCUT2D eigenvalue weighted by Gasteiger charge is -1.99. The van der Waals surface area contributed by atoms with Gasteiger partial charge in [-0.25, -0.2) is 4.39 Å². The first-order valence-electron chi connectivity index (χ1n) is 3.48. The molecule has 4 heteroatoms. The summed E-state index contributed by atoms with van der Waals surface area (Å²) in [4.78, 5) is 0. The Bertz CT molecular complexity index is 436. The zero-order valence-electron chi connectivity index (χ0n) is 6.36. The van der Waals surface area contributed by atoms with Gasteiger partial charge in [0.1, 0.15) is 11.3 Å². The number of aryl methyl sites for hydroxylation is 1. The molecule has 0 bridgehead atoms. The van der Waals surface area contributed by atoms with Crippen molar-refractivity contribution in [2.45, 2.75) is 6.92 Å². The molecule has 0 saturated heterocycles. The molecule has 0 aliphatic rings. The van der Waals surface area contributed by atoms with E-state index in [4.69, 9.17) is 0 Å². The second-order valence-corrected chi connectivity index (χ2v) is 3.44. The van der Waals surface area contributed by atoms with Crippen molar-refractivity contribution in [3.05, 3.63) is 28.1 Å². The molecule has 1 heterocycles. The van der Waals surface area contributed by atoms with Crippen molar-refractivity contribution in [3.8, 4) is 0 Å². The van der Waals surface area contributed by atoms with Crippen molar-refractivity contribution >= 4 is 26.8 Å². The van der Waals surface area contributed by atoms with Crippen LogP contribution >= 0.6 is 15.9 Å². The van der Waals surface area contributed by atoms with Gasteiger partial charge in [0.2, 0.25) is 0 Å². The van der Waals surface area contributed by atoms with Gasteiger partial charge < -0.3 is 0 Å². The number of hydrogen-bond donors (Lipinski definition) is 1. The number of halogens is 2. The third-order valence-electron chi connectivity index (χ3n) is 1.80. The molecule has 1 aromatic carbocycles. The van der Waals surface area contributed by atoms with Crippen molar-refractivity contribution in [3.63, 3.8) is 0 Å². The van der Waals surface area contributed by atoms with E-state index in [0.717, 1.165) is 15.4 Å². The van der Waals surface area contributed by atoms with Crippen LogP contribution < -0.4 is 0 Å². The molecule has 1 N–H and O–H groups in total. The van der Waals surface area contributed by atoms with Crippen LogP contribution in [0.3, 0.4) is 0 Å². The van der Waals surface area contributed by atoms with E-state index in [-0.39, 0.29) is 5.82 Å². The first kappa shape index (κ1) is 7.73. The summed E-state index contributed by atoms with van der Waals surface area (Å²) in [6.45, 7) is 1.85. The standard InChI is InChI=1S/C8H6BrFN2/c1-4-2-6(10)8-5(7(4)9)3-11-12-8/h2-3H,1H3,(H,11,12). The van der Waals surface area contributed by atoms with Gasteiger partial charge in [-0.05, 0) is 34.5 Å². The van der Waals surface area contributed by atoms with E-state index >= 15 is 0 Å². The molecule has 1 aromatic heterocycles. The molecular formula is C8H6BrFN2. The van der Waals surface area contributed by atoms with Crippen LogP contribution in [0.5, 0.6) is 0 Å². The van der Waals surface area contributed by atoms with E-state index in [9.17, 15) is 4.39 Å². The van der Waals surface area contributed by atoms with E-state index in [0.29, 0.717) is 5.52 Å². The Morgan fingerprint density at radius 2 is 2.33 bits per heavy atom. The fraction of sp³-hybridized carbons (Fsp3) is 0.125. The van der Waals surface area contributed by atoms with Gasteiger partial charge in [-0.2, -0.15) is 5.10 Å². The van der Waals surface area contributed by atoms with E-state index in [1.165, 1.54) is 6.07 Å². The summed E-state index contributed by atoms with van der Waals surface area (Å²) >= 11 is 3.37. The van der Waals surface area contributed by atoms with Crippen LogP contribution in [-0.4, -0.2) is 10.2 Å². The molecule has 0 unspecified atom stereocenters. The number of nitrogens with one attached hydrogen (secondary N) is 1. The number of benzene rings is 1. The second-order valence-electron chi connectivity index (χ2n) is 2.65. The Morgan fingerprint density at radius 1 is 1.58 bits per heavy atom. The monoisotopic (exact) mass is 228 g/mol. The Morgan fingerprint density at radius 3 is 3.08 bits per heavy atom. The SMILES string of the molecule is Cc1cc(F)c2[nH]ncc2c1Br. The summed E-state index contributed by atoms with van der Waals surface area (Å²) in [6, 6.07) is 1.48. The molecule has 0 aliphatic heterocycles. The van der Waals surface area contributed by atoms with Crippen molar-refractivity contribution in [2.75, 3.05) is 0 Å². The molecular weight excluding hydrogens is 223 g/mol. The molecule has 0 atom stereocenters. The maximum atomic E-state index is 13.2. The minimum Gasteiger partial charge on any atom is -0.275 e. The molecule has 0 fully saturated rings. The molecule has 2 nitrogen and oxygen atoms in total. The molecule has 0 aliphatic carbocycles. The normalized spacial score (nSPS) is 10.9. The average Bonchev–Trinajstić information content (AvgIpc) is 2.48. The van der Waals surface area contributed by atoms with E-state index in [1.807, 2.05) is 6.92 Å². The number of nitrogens with zero attached hydrogens (tertiary/aromatic N) is 1. The molecule has 12 heavy (non-hydrogen) atoms. The third-order valence-corrected chi connectivity index (χ3v) is 2.86. The van der Waals surface area contributed by atoms with Crippen LogP contribution in [0.25, 0.3) is 10.9 Å². The zero-order chi connectivity index (χ0) is 8.72. The van der Waals surface area contributed by atoms with Crippen molar-refractivity contribution in [1.29, 1.82) is 0 Å². The average molecular weight is 229 g/mol. The highest BCUT2D eigenvalue weighted by Gasteiger charge is 2.08. The summed E-state index contributed by atoms with van der Waals surface area (Å²) < 4.78 is 14.1. The summed E-state index contributed by atoms with van der Waals surface area (Å²) in [6.07, 6.45) is 1.61. The smallest absolute Gasteiger partial charge is 0.149 e. The largest absolute Gasteiger partial charge is 0.275 e. The summed E-state index contributed by atoms with van der Waals surface area (Å²) in [5.74, 6) is -0.261. The fourth-order valence-electron chi connectivity index (χ4n) is 1.17. The summed E-state index contributed by atoms with van der Waals surface area (Å²) in [7, 11) is 0. The van der Waals surface area contributed by atoms with Crippen LogP contribution in [0.15, 0.2) is 16.7 Å². The van der Waals surface area contributed by atoms with Gasteiger partial charge in [0, 0.05) is 9.86 Å². The van der Waals surface area contributed by atoms with Crippen LogP contribution in [0.4, 0.5) is 4.39 Å². The number of fused-ring (bicyclic) bond motifs is 1. The van der Waals surface area contributed by atoms with Crippen molar-refractivity contribution in [1.82, 2.24) is 10.2 Å². The lowest BCUT2D eigenvalue weighted by Crippen LogP contribution is -1.83. The molecule has 2 aromatic rings. The maximum absolute atomic E-state index is 13.2. The van der Waals surface area contributed by atoms with Crippen LogP contribution in [0.1, 0.15) is 5.56 Å². The number of aromatic amines is 1. The minimum absolute atomic E-state index is 0.261. The van der Waals surface area contributed by atoms with Gasteiger partial charge in [0.15, 0.2) is 0 Å². The number of aromatic nitrogens is 2. The first-order chi connectivity index (χ1) is 5.70. The lowest BCUT2D eigenvalue weighted by atomic mass is 10.2. The Hall–Kier alpha value is -0.900. The highest BCUT2D eigenvalue weighted by atomic mass is 79.9.